The van der Waals surface area contributed by atoms with Crippen molar-refractivity contribution >= 4 is 22.6 Å². The van der Waals surface area contributed by atoms with Crippen molar-refractivity contribution in [2.24, 2.45) is 0 Å². The van der Waals surface area contributed by atoms with E-state index in [0.717, 1.165) is 60.6 Å². The van der Waals surface area contributed by atoms with Gasteiger partial charge in [-0.25, -0.2) is 0 Å². The molecule has 1 aliphatic rings. The fourth-order valence-corrected chi connectivity index (χ4v) is 3.95. The van der Waals surface area contributed by atoms with Crippen molar-refractivity contribution in [3.63, 3.8) is 0 Å². The molecule has 8 nitrogen and oxygen atoms in total. The first-order valence-electron chi connectivity index (χ1n) is 11.3. The fraction of sp³-hybridized carbons (Fsp3) is 0.231. The van der Waals surface area contributed by atoms with Crippen LogP contribution >= 0.6 is 0 Å². The standard InChI is InChI=1S/C26H26N4O4/c31-21-6-1-18(2-7-21)20-5-10-23-24(17-20)28-29-25(23)27-26(32)19-3-8-22(9-4-19)34-16-13-30-11-14-33-15-12-30/h1-10,17,31H,11-16H2,(H2,27,28,29,32). The number of hydrogen-bond acceptors (Lipinski definition) is 6. The number of nitrogens with zero attached hydrogens (tertiary/aromatic N) is 2. The van der Waals surface area contributed by atoms with Gasteiger partial charge in [0.25, 0.3) is 5.91 Å². The zero-order chi connectivity index (χ0) is 23.3. The molecule has 34 heavy (non-hydrogen) atoms. The molecule has 4 aromatic rings. The summed E-state index contributed by atoms with van der Waals surface area (Å²) < 4.78 is 11.2. The Balaban J connectivity index is 1.20. The number of morpholine rings is 1. The van der Waals surface area contributed by atoms with E-state index >= 15 is 0 Å². The summed E-state index contributed by atoms with van der Waals surface area (Å²) in [6, 6.07) is 20.0. The zero-order valence-corrected chi connectivity index (χ0v) is 18.7. The highest BCUT2D eigenvalue weighted by molar-refractivity contribution is 6.08. The van der Waals surface area contributed by atoms with Crippen molar-refractivity contribution in [1.29, 1.82) is 0 Å². The van der Waals surface area contributed by atoms with Crippen LogP contribution in [0.5, 0.6) is 11.5 Å². The summed E-state index contributed by atoms with van der Waals surface area (Å²) in [5.74, 6) is 1.19. The van der Waals surface area contributed by atoms with Crippen LogP contribution < -0.4 is 10.1 Å². The molecule has 5 rings (SSSR count). The third-order valence-corrected chi connectivity index (χ3v) is 5.89. The fourth-order valence-electron chi connectivity index (χ4n) is 3.95. The van der Waals surface area contributed by atoms with E-state index in [4.69, 9.17) is 9.47 Å². The summed E-state index contributed by atoms with van der Waals surface area (Å²) in [6.07, 6.45) is 0. The van der Waals surface area contributed by atoms with Gasteiger partial charge in [-0.2, -0.15) is 5.10 Å². The first-order chi connectivity index (χ1) is 16.7. The van der Waals surface area contributed by atoms with Gasteiger partial charge in [-0.15, -0.1) is 0 Å². The van der Waals surface area contributed by atoms with Gasteiger partial charge in [0.05, 0.1) is 18.7 Å². The Kier molecular flexibility index (Phi) is 6.42. The molecule has 0 saturated carbocycles. The Morgan fingerprint density at radius 3 is 2.53 bits per heavy atom. The van der Waals surface area contributed by atoms with Crippen molar-refractivity contribution in [2.75, 3.05) is 44.8 Å². The van der Waals surface area contributed by atoms with E-state index in [2.05, 4.69) is 20.4 Å². The lowest BCUT2D eigenvalue weighted by Gasteiger charge is -2.26. The normalized spacial score (nSPS) is 14.2. The smallest absolute Gasteiger partial charge is 0.256 e. The number of benzene rings is 3. The maximum atomic E-state index is 12.8. The van der Waals surface area contributed by atoms with Gasteiger partial charge >= 0.3 is 0 Å². The molecule has 1 saturated heterocycles. The molecule has 1 aromatic heterocycles. The second-order valence-corrected chi connectivity index (χ2v) is 8.16. The molecule has 8 heteroatoms. The average molecular weight is 459 g/mol. The summed E-state index contributed by atoms with van der Waals surface area (Å²) in [4.78, 5) is 15.1. The molecule has 1 fully saturated rings. The third-order valence-electron chi connectivity index (χ3n) is 5.89. The number of nitrogens with one attached hydrogen (secondary N) is 2. The molecule has 3 aromatic carbocycles. The number of fused-ring (bicyclic) bond motifs is 1. The van der Waals surface area contributed by atoms with Crippen LogP contribution in [0.4, 0.5) is 5.82 Å². The number of aromatic hydroxyl groups is 1. The lowest BCUT2D eigenvalue weighted by atomic mass is 10.0. The molecule has 3 N–H and O–H groups in total. The molecule has 0 unspecified atom stereocenters. The maximum absolute atomic E-state index is 12.8. The van der Waals surface area contributed by atoms with Crippen molar-refractivity contribution in [2.45, 2.75) is 0 Å². The second-order valence-electron chi connectivity index (χ2n) is 8.16. The highest BCUT2D eigenvalue weighted by Gasteiger charge is 2.13. The van der Waals surface area contributed by atoms with Crippen molar-refractivity contribution in [3.8, 4) is 22.6 Å². The summed E-state index contributed by atoms with van der Waals surface area (Å²) >= 11 is 0. The van der Waals surface area contributed by atoms with Crippen LogP contribution in [0.15, 0.2) is 66.7 Å². The third kappa shape index (κ3) is 5.03. The zero-order valence-electron chi connectivity index (χ0n) is 18.7. The van der Waals surface area contributed by atoms with Crippen molar-refractivity contribution < 1.29 is 19.4 Å². The molecule has 0 atom stereocenters. The largest absolute Gasteiger partial charge is 0.508 e. The number of hydrogen-bond donors (Lipinski definition) is 3. The van der Waals surface area contributed by atoms with Crippen molar-refractivity contribution in [3.05, 3.63) is 72.3 Å². The van der Waals surface area contributed by atoms with Gasteiger partial charge in [-0.3, -0.25) is 14.8 Å². The quantitative estimate of drug-likeness (QED) is 0.389. The van der Waals surface area contributed by atoms with Crippen LogP contribution in [-0.2, 0) is 4.74 Å². The van der Waals surface area contributed by atoms with Gasteiger partial charge in [-0.1, -0.05) is 18.2 Å². The number of anilines is 1. The Labute approximate surface area is 197 Å². The number of aromatic amines is 1. The van der Waals surface area contributed by atoms with E-state index in [1.807, 2.05) is 30.3 Å². The first-order valence-corrected chi connectivity index (χ1v) is 11.3. The van der Waals surface area contributed by atoms with E-state index in [0.29, 0.717) is 18.0 Å². The summed E-state index contributed by atoms with van der Waals surface area (Å²) in [5, 5.41) is 20.4. The predicted octanol–water partition coefficient (Wildman–Crippen LogP) is 3.90. The van der Waals surface area contributed by atoms with Crippen LogP contribution in [0.25, 0.3) is 22.0 Å². The number of H-pyrrole nitrogens is 1. The highest BCUT2D eigenvalue weighted by Crippen LogP contribution is 2.28. The minimum atomic E-state index is -0.240. The predicted molar refractivity (Wildman–Crippen MR) is 130 cm³/mol. The minimum absolute atomic E-state index is 0.226. The van der Waals surface area contributed by atoms with Gasteiger partial charge in [0.2, 0.25) is 0 Å². The number of phenols is 1. The Morgan fingerprint density at radius 1 is 1.03 bits per heavy atom. The van der Waals surface area contributed by atoms with E-state index in [-0.39, 0.29) is 11.7 Å². The van der Waals surface area contributed by atoms with Gasteiger partial charge in [0.15, 0.2) is 5.82 Å². The Morgan fingerprint density at radius 2 is 1.76 bits per heavy atom. The van der Waals surface area contributed by atoms with E-state index in [1.54, 1.807) is 36.4 Å². The van der Waals surface area contributed by atoms with Gasteiger partial charge in [-0.05, 0) is 59.7 Å². The maximum Gasteiger partial charge on any atom is 0.256 e. The van der Waals surface area contributed by atoms with Crippen LogP contribution in [0.2, 0.25) is 0 Å². The van der Waals surface area contributed by atoms with Crippen molar-refractivity contribution in [1.82, 2.24) is 15.1 Å². The second kappa shape index (κ2) is 9.94. The number of rotatable bonds is 7. The monoisotopic (exact) mass is 458 g/mol. The molecule has 0 spiro atoms. The molecular formula is C26H26N4O4. The number of amides is 1. The number of phenolic OH excluding ortho intramolecular Hbond substituents is 1. The molecule has 174 valence electrons. The number of aromatic nitrogens is 2. The lowest BCUT2D eigenvalue weighted by molar-refractivity contribution is 0.0322. The molecule has 2 heterocycles. The van der Waals surface area contributed by atoms with Gasteiger partial charge in [0.1, 0.15) is 18.1 Å². The summed E-state index contributed by atoms with van der Waals surface area (Å²) in [5.41, 5.74) is 3.30. The summed E-state index contributed by atoms with van der Waals surface area (Å²) in [7, 11) is 0. The topological polar surface area (TPSA) is 99.7 Å². The van der Waals surface area contributed by atoms with E-state index in [9.17, 15) is 9.90 Å². The summed E-state index contributed by atoms with van der Waals surface area (Å²) in [6.45, 7) is 4.86. The number of carbonyl (C=O) groups is 1. The molecule has 0 bridgehead atoms. The lowest BCUT2D eigenvalue weighted by Crippen LogP contribution is -2.38. The van der Waals surface area contributed by atoms with E-state index in [1.165, 1.54) is 0 Å². The number of carbonyl (C=O) groups excluding carboxylic acids is 1. The molecule has 0 aliphatic carbocycles. The first kappa shape index (κ1) is 21.9. The van der Waals surface area contributed by atoms with Gasteiger partial charge in [0, 0.05) is 30.6 Å². The van der Waals surface area contributed by atoms with E-state index < -0.39 is 0 Å². The molecule has 1 aliphatic heterocycles. The van der Waals surface area contributed by atoms with Gasteiger partial charge < -0.3 is 19.9 Å². The van der Waals surface area contributed by atoms with Crippen LogP contribution in [0.1, 0.15) is 10.4 Å². The van der Waals surface area contributed by atoms with Crippen LogP contribution in [-0.4, -0.2) is 65.6 Å². The Bertz CT molecular complexity index is 1260. The van der Waals surface area contributed by atoms with Crippen LogP contribution in [0.3, 0.4) is 0 Å². The molecular weight excluding hydrogens is 432 g/mol. The Hall–Kier alpha value is -3.88. The molecule has 1 amide bonds. The number of ether oxygens (including phenoxy) is 2. The van der Waals surface area contributed by atoms with Crippen LogP contribution in [0, 0.1) is 0 Å². The highest BCUT2D eigenvalue weighted by atomic mass is 16.5. The SMILES string of the molecule is O=C(Nc1n[nH]c2cc(-c3ccc(O)cc3)ccc12)c1ccc(OCCN2CCOCC2)cc1. The average Bonchev–Trinajstić information content (AvgIpc) is 3.27. The molecule has 0 radical (unpaired) electrons. The minimum Gasteiger partial charge on any atom is -0.508 e.